The molecule has 2 rings (SSSR count). The Morgan fingerprint density at radius 2 is 1.94 bits per heavy atom. The SMILES string of the molecule is COC1CC(NC(C)c2ccc(Br)cc2)C1. The summed E-state index contributed by atoms with van der Waals surface area (Å²) in [7, 11) is 1.79. The molecule has 0 saturated heterocycles. The molecule has 1 saturated carbocycles. The Hall–Kier alpha value is -0.380. The third-order valence-corrected chi connectivity index (χ3v) is 3.81. The zero-order valence-corrected chi connectivity index (χ0v) is 11.3. The van der Waals surface area contributed by atoms with Gasteiger partial charge in [0.25, 0.3) is 0 Å². The van der Waals surface area contributed by atoms with Gasteiger partial charge in [0.05, 0.1) is 6.10 Å². The zero-order valence-electron chi connectivity index (χ0n) is 9.74. The third-order valence-electron chi connectivity index (χ3n) is 3.28. The van der Waals surface area contributed by atoms with E-state index in [1.54, 1.807) is 7.11 Å². The van der Waals surface area contributed by atoms with Gasteiger partial charge in [-0.25, -0.2) is 0 Å². The number of methoxy groups -OCH3 is 1. The summed E-state index contributed by atoms with van der Waals surface area (Å²) in [5, 5.41) is 3.62. The number of hydrogen-bond acceptors (Lipinski definition) is 2. The number of halogens is 1. The van der Waals surface area contributed by atoms with Gasteiger partial charge in [0.15, 0.2) is 0 Å². The monoisotopic (exact) mass is 283 g/mol. The Morgan fingerprint density at radius 3 is 2.50 bits per heavy atom. The summed E-state index contributed by atoms with van der Waals surface area (Å²) in [6.07, 6.45) is 2.74. The first-order chi connectivity index (χ1) is 7.69. The highest BCUT2D eigenvalue weighted by molar-refractivity contribution is 9.10. The van der Waals surface area contributed by atoms with E-state index in [2.05, 4.69) is 52.4 Å². The van der Waals surface area contributed by atoms with Crippen LogP contribution in [0.4, 0.5) is 0 Å². The van der Waals surface area contributed by atoms with E-state index in [-0.39, 0.29) is 0 Å². The maximum Gasteiger partial charge on any atom is 0.0601 e. The predicted octanol–water partition coefficient (Wildman–Crippen LogP) is 3.28. The number of ether oxygens (including phenoxy) is 1. The van der Waals surface area contributed by atoms with E-state index in [1.165, 1.54) is 5.56 Å². The lowest BCUT2D eigenvalue weighted by Crippen LogP contribution is -2.45. The fourth-order valence-corrected chi connectivity index (χ4v) is 2.36. The first-order valence-corrected chi connectivity index (χ1v) is 6.52. The second-order valence-corrected chi connectivity index (χ2v) is 5.38. The molecule has 1 aromatic carbocycles. The molecular weight excluding hydrogens is 266 g/mol. The topological polar surface area (TPSA) is 21.3 Å². The summed E-state index contributed by atoms with van der Waals surface area (Å²) in [5.74, 6) is 0. The van der Waals surface area contributed by atoms with Crippen LogP contribution in [0.1, 0.15) is 31.4 Å². The molecule has 1 atom stereocenters. The molecular formula is C13H18BrNO. The van der Waals surface area contributed by atoms with Crippen molar-refractivity contribution in [2.75, 3.05) is 7.11 Å². The minimum Gasteiger partial charge on any atom is -0.381 e. The van der Waals surface area contributed by atoms with Crippen molar-refractivity contribution < 1.29 is 4.74 Å². The maximum absolute atomic E-state index is 5.27. The van der Waals surface area contributed by atoms with Gasteiger partial charge in [0.2, 0.25) is 0 Å². The minimum absolute atomic E-state index is 0.413. The number of hydrogen-bond donors (Lipinski definition) is 1. The van der Waals surface area contributed by atoms with Crippen LogP contribution < -0.4 is 5.32 Å². The molecule has 0 aromatic heterocycles. The molecule has 1 aliphatic carbocycles. The average molecular weight is 284 g/mol. The highest BCUT2D eigenvalue weighted by Gasteiger charge is 2.29. The van der Waals surface area contributed by atoms with Crippen LogP contribution in [0.3, 0.4) is 0 Å². The van der Waals surface area contributed by atoms with Gasteiger partial charge >= 0.3 is 0 Å². The molecule has 0 aliphatic heterocycles. The van der Waals surface area contributed by atoms with Crippen molar-refractivity contribution in [1.29, 1.82) is 0 Å². The Labute approximate surface area is 106 Å². The first kappa shape index (κ1) is 12.1. The van der Waals surface area contributed by atoms with E-state index in [9.17, 15) is 0 Å². The largest absolute Gasteiger partial charge is 0.381 e. The Morgan fingerprint density at radius 1 is 1.31 bits per heavy atom. The van der Waals surface area contributed by atoms with E-state index in [4.69, 9.17) is 4.74 Å². The molecule has 2 nitrogen and oxygen atoms in total. The van der Waals surface area contributed by atoms with Crippen molar-refractivity contribution >= 4 is 15.9 Å². The van der Waals surface area contributed by atoms with E-state index in [0.29, 0.717) is 18.2 Å². The molecule has 0 radical (unpaired) electrons. The van der Waals surface area contributed by atoms with Crippen LogP contribution in [0.15, 0.2) is 28.7 Å². The molecule has 0 amide bonds. The second-order valence-electron chi connectivity index (χ2n) is 4.47. The summed E-state index contributed by atoms with van der Waals surface area (Å²) >= 11 is 3.45. The van der Waals surface area contributed by atoms with Crippen LogP contribution in [0.25, 0.3) is 0 Å². The third kappa shape index (κ3) is 2.84. The number of benzene rings is 1. The summed E-state index contributed by atoms with van der Waals surface area (Å²) in [6, 6.07) is 9.53. The second kappa shape index (κ2) is 5.30. The fourth-order valence-electron chi connectivity index (χ4n) is 2.10. The van der Waals surface area contributed by atoms with Gasteiger partial charge in [-0.05, 0) is 37.5 Å². The highest BCUT2D eigenvalue weighted by atomic mass is 79.9. The Balaban J connectivity index is 1.84. The summed E-state index contributed by atoms with van der Waals surface area (Å²) in [4.78, 5) is 0. The lowest BCUT2D eigenvalue weighted by molar-refractivity contribution is 0.0147. The number of nitrogens with one attached hydrogen (secondary N) is 1. The van der Waals surface area contributed by atoms with Crippen LogP contribution in [0, 0.1) is 0 Å². The molecule has 0 bridgehead atoms. The van der Waals surface area contributed by atoms with Gasteiger partial charge in [0, 0.05) is 23.7 Å². The van der Waals surface area contributed by atoms with Gasteiger partial charge < -0.3 is 10.1 Å². The predicted molar refractivity (Wildman–Crippen MR) is 69.5 cm³/mol. The first-order valence-electron chi connectivity index (χ1n) is 5.73. The van der Waals surface area contributed by atoms with E-state index in [0.717, 1.165) is 17.3 Å². The zero-order chi connectivity index (χ0) is 11.5. The molecule has 1 unspecified atom stereocenters. The van der Waals surface area contributed by atoms with Crippen LogP contribution in [-0.2, 0) is 4.74 Å². The average Bonchev–Trinajstić information content (AvgIpc) is 2.23. The summed E-state index contributed by atoms with van der Waals surface area (Å²) < 4.78 is 6.40. The molecule has 0 spiro atoms. The lowest BCUT2D eigenvalue weighted by Gasteiger charge is -2.36. The Kier molecular flexibility index (Phi) is 4.00. The fraction of sp³-hybridized carbons (Fsp3) is 0.538. The van der Waals surface area contributed by atoms with Gasteiger partial charge in [-0.3, -0.25) is 0 Å². The maximum atomic E-state index is 5.27. The van der Waals surface area contributed by atoms with Gasteiger partial charge in [-0.1, -0.05) is 28.1 Å². The van der Waals surface area contributed by atoms with Gasteiger partial charge in [0.1, 0.15) is 0 Å². The van der Waals surface area contributed by atoms with Crippen LogP contribution in [0.5, 0.6) is 0 Å². The van der Waals surface area contributed by atoms with E-state index in [1.807, 2.05) is 0 Å². The summed E-state index contributed by atoms with van der Waals surface area (Å²) in [5.41, 5.74) is 1.34. The van der Waals surface area contributed by atoms with Crippen molar-refractivity contribution in [3.05, 3.63) is 34.3 Å². The van der Waals surface area contributed by atoms with Crippen LogP contribution in [0.2, 0.25) is 0 Å². The molecule has 0 heterocycles. The normalized spacial score (nSPS) is 26.2. The van der Waals surface area contributed by atoms with Crippen molar-refractivity contribution in [2.45, 2.75) is 38.0 Å². The molecule has 1 N–H and O–H groups in total. The standard InChI is InChI=1S/C13H18BrNO/c1-9(10-3-5-11(14)6-4-10)15-12-7-13(8-12)16-2/h3-6,9,12-13,15H,7-8H2,1-2H3. The molecule has 1 aliphatic rings. The molecule has 1 fully saturated rings. The van der Waals surface area contributed by atoms with Crippen molar-refractivity contribution in [3.63, 3.8) is 0 Å². The molecule has 1 aromatic rings. The Bertz CT molecular complexity index is 332. The smallest absolute Gasteiger partial charge is 0.0601 e. The highest BCUT2D eigenvalue weighted by Crippen LogP contribution is 2.26. The molecule has 16 heavy (non-hydrogen) atoms. The van der Waals surface area contributed by atoms with Crippen molar-refractivity contribution in [1.82, 2.24) is 5.32 Å². The molecule has 88 valence electrons. The van der Waals surface area contributed by atoms with Gasteiger partial charge in [-0.15, -0.1) is 0 Å². The quantitative estimate of drug-likeness (QED) is 0.916. The number of rotatable bonds is 4. The van der Waals surface area contributed by atoms with Gasteiger partial charge in [-0.2, -0.15) is 0 Å². The van der Waals surface area contributed by atoms with E-state index >= 15 is 0 Å². The summed E-state index contributed by atoms with van der Waals surface area (Å²) in [6.45, 7) is 2.21. The molecule has 3 heteroatoms. The van der Waals surface area contributed by atoms with E-state index < -0.39 is 0 Å². The van der Waals surface area contributed by atoms with Crippen LogP contribution >= 0.6 is 15.9 Å². The minimum atomic E-state index is 0.413. The van der Waals surface area contributed by atoms with Crippen molar-refractivity contribution in [3.8, 4) is 0 Å². The van der Waals surface area contributed by atoms with Crippen molar-refractivity contribution in [2.24, 2.45) is 0 Å². The lowest BCUT2D eigenvalue weighted by atomic mass is 9.88. The van der Waals surface area contributed by atoms with Crippen LogP contribution in [-0.4, -0.2) is 19.3 Å².